The Morgan fingerprint density at radius 1 is 1.38 bits per heavy atom. The lowest BCUT2D eigenvalue weighted by Gasteiger charge is -2.32. The van der Waals surface area contributed by atoms with Gasteiger partial charge in [0.15, 0.2) is 0 Å². The first kappa shape index (κ1) is 18.3. The molecule has 26 heavy (non-hydrogen) atoms. The number of nitrogens with two attached hydrogens (primary N) is 1. The second kappa shape index (κ2) is 8.24. The third-order valence-corrected chi connectivity index (χ3v) is 4.54. The molecule has 1 unspecified atom stereocenters. The van der Waals surface area contributed by atoms with Crippen molar-refractivity contribution in [2.45, 2.75) is 12.8 Å². The van der Waals surface area contributed by atoms with Crippen molar-refractivity contribution in [3.05, 3.63) is 35.1 Å². The highest BCUT2D eigenvalue weighted by molar-refractivity contribution is 6.31. The number of hydrogen-bond donors (Lipinski definition) is 2. The number of tetrazole rings is 1. The lowest BCUT2D eigenvalue weighted by atomic mass is 9.96. The molecule has 1 saturated heterocycles. The van der Waals surface area contributed by atoms with E-state index in [9.17, 15) is 9.59 Å². The molecule has 2 amide bonds. The average Bonchev–Trinajstić information content (AvgIpc) is 3.20. The van der Waals surface area contributed by atoms with Gasteiger partial charge in [-0.05, 0) is 41.5 Å². The fourth-order valence-electron chi connectivity index (χ4n) is 3.04. The van der Waals surface area contributed by atoms with Crippen molar-refractivity contribution in [1.29, 1.82) is 0 Å². The Bertz CT molecular complexity index is 781. The van der Waals surface area contributed by atoms with Crippen LogP contribution in [0.15, 0.2) is 24.5 Å². The van der Waals surface area contributed by atoms with Crippen LogP contribution in [0.25, 0.3) is 5.69 Å². The van der Waals surface area contributed by atoms with Crippen LogP contribution in [0.1, 0.15) is 23.2 Å². The Balaban J connectivity index is 1.81. The molecular formula is C16H20ClN7O2. The van der Waals surface area contributed by atoms with E-state index in [2.05, 4.69) is 20.8 Å². The lowest BCUT2D eigenvalue weighted by Crippen LogP contribution is -2.46. The van der Waals surface area contributed by atoms with Gasteiger partial charge in [0, 0.05) is 31.2 Å². The van der Waals surface area contributed by atoms with Gasteiger partial charge >= 0.3 is 0 Å². The fourth-order valence-corrected chi connectivity index (χ4v) is 3.21. The smallest absolute Gasteiger partial charge is 0.256 e. The Kier molecular flexibility index (Phi) is 5.79. The van der Waals surface area contributed by atoms with Gasteiger partial charge in [-0.2, -0.15) is 4.68 Å². The van der Waals surface area contributed by atoms with Gasteiger partial charge < -0.3 is 16.0 Å². The number of aromatic nitrogens is 4. The average molecular weight is 378 g/mol. The first-order valence-electron chi connectivity index (χ1n) is 8.40. The van der Waals surface area contributed by atoms with Crippen molar-refractivity contribution in [1.82, 2.24) is 30.4 Å². The molecule has 0 spiro atoms. The molecule has 1 aliphatic rings. The summed E-state index contributed by atoms with van der Waals surface area (Å²) in [6, 6.07) is 4.97. The molecule has 1 atom stereocenters. The standard InChI is InChI=1S/C16H20ClN7O2/c17-12-3-4-14(24-10-20-21-22-24)13(8-12)16(26)23-7-1-2-11(9-23)15(25)19-6-5-18/h3-4,8,10-11H,1-2,5-7,9,18H2,(H,19,25). The van der Waals surface area contributed by atoms with Gasteiger partial charge in [-0.15, -0.1) is 5.10 Å². The van der Waals surface area contributed by atoms with E-state index in [0.717, 1.165) is 12.8 Å². The number of amides is 2. The van der Waals surface area contributed by atoms with Crippen molar-refractivity contribution in [3.8, 4) is 5.69 Å². The molecule has 2 aromatic rings. The highest BCUT2D eigenvalue weighted by Crippen LogP contribution is 2.24. The Morgan fingerprint density at radius 2 is 2.23 bits per heavy atom. The summed E-state index contributed by atoms with van der Waals surface area (Å²) < 4.78 is 1.42. The molecule has 1 aromatic heterocycles. The minimum atomic E-state index is -0.241. The number of nitrogens with one attached hydrogen (secondary N) is 1. The summed E-state index contributed by atoms with van der Waals surface area (Å²) in [5.74, 6) is -0.510. The first-order valence-corrected chi connectivity index (χ1v) is 8.78. The maximum Gasteiger partial charge on any atom is 0.256 e. The van der Waals surface area contributed by atoms with Gasteiger partial charge in [0.25, 0.3) is 5.91 Å². The zero-order chi connectivity index (χ0) is 18.5. The molecule has 1 fully saturated rings. The van der Waals surface area contributed by atoms with Crippen LogP contribution < -0.4 is 11.1 Å². The van der Waals surface area contributed by atoms with E-state index in [0.29, 0.717) is 42.5 Å². The number of likely N-dealkylation sites (tertiary alicyclic amines) is 1. The van der Waals surface area contributed by atoms with Crippen molar-refractivity contribution in [3.63, 3.8) is 0 Å². The van der Waals surface area contributed by atoms with Gasteiger partial charge in [0.1, 0.15) is 6.33 Å². The van der Waals surface area contributed by atoms with Crippen LogP contribution >= 0.6 is 11.6 Å². The zero-order valence-corrected chi connectivity index (χ0v) is 14.9. The number of carbonyl (C=O) groups is 2. The summed E-state index contributed by atoms with van der Waals surface area (Å²) in [6.45, 7) is 1.76. The van der Waals surface area contributed by atoms with Crippen molar-refractivity contribution < 1.29 is 9.59 Å². The number of rotatable bonds is 5. The first-order chi connectivity index (χ1) is 12.6. The second-order valence-corrected chi connectivity index (χ2v) is 6.52. The van der Waals surface area contributed by atoms with E-state index >= 15 is 0 Å². The molecule has 2 heterocycles. The highest BCUT2D eigenvalue weighted by atomic mass is 35.5. The molecule has 9 nitrogen and oxygen atoms in total. The Morgan fingerprint density at radius 3 is 2.96 bits per heavy atom. The second-order valence-electron chi connectivity index (χ2n) is 6.09. The molecule has 0 bridgehead atoms. The van der Waals surface area contributed by atoms with E-state index in [1.54, 1.807) is 23.1 Å². The summed E-state index contributed by atoms with van der Waals surface area (Å²) >= 11 is 6.09. The largest absolute Gasteiger partial charge is 0.355 e. The topological polar surface area (TPSA) is 119 Å². The molecular weight excluding hydrogens is 358 g/mol. The quantitative estimate of drug-likeness (QED) is 0.770. The van der Waals surface area contributed by atoms with Crippen LogP contribution in [0, 0.1) is 5.92 Å². The number of nitrogens with zero attached hydrogens (tertiary/aromatic N) is 5. The van der Waals surface area contributed by atoms with Crippen LogP contribution in [-0.2, 0) is 4.79 Å². The molecule has 1 aromatic carbocycles. The van der Waals surface area contributed by atoms with Gasteiger partial charge in [-0.3, -0.25) is 9.59 Å². The monoisotopic (exact) mass is 377 g/mol. The van der Waals surface area contributed by atoms with Crippen molar-refractivity contribution in [2.24, 2.45) is 11.7 Å². The number of halogens is 1. The summed E-state index contributed by atoms with van der Waals surface area (Å²) in [7, 11) is 0. The van der Waals surface area contributed by atoms with Crippen LogP contribution in [0.3, 0.4) is 0 Å². The number of hydrogen-bond acceptors (Lipinski definition) is 6. The summed E-state index contributed by atoms with van der Waals surface area (Å²) in [6.07, 6.45) is 2.92. The molecule has 138 valence electrons. The Hall–Kier alpha value is -2.52. The molecule has 10 heteroatoms. The van der Waals surface area contributed by atoms with Crippen LogP contribution in [0.4, 0.5) is 0 Å². The lowest BCUT2D eigenvalue weighted by molar-refractivity contribution is -0.126. The minimum Gasteiger partial charge on any atom is -0.355 e. The third-order valence-electron chi connectivity index (χ3n) is 4.31. The third kappa shape index (κ3) is 4.00. The van der Waals surface area contributed by atoms with Crippen molar-refractivity contribution in [2.75, 3.05) is 26.2 Å². The summed E-state index contributed by atoms with van der Waals surface area (Å²) in [5, 5.41) is 14.3. The Labute approximate surface area is 155 Å². The number of benzene rings is 1. The van der Waals surface area contributed by atoms with Crippen molar-refractivity contribution >= 4 is 23.4 Å². The fraction of sp³-hybridized carbons (Fsp3) is 0.438. The van der Waals surface area contributed by atoms with E-state index in [1.807, 2.05) is 0 Å². The predicted molar refractivity (Wildman–Crippen MR) is 94.9 cm³/mol. The van der Waals surface area contributed by atoms with E-state index in [-0.39, 0.29) is 17.7 Å². The van der Waals surface area contributed by atoms with Gasteiger partial charge in [0.05, 0.1) is 17.2 Å². The number of piperidine rings is 1. The normalized spacial score (nSPS) is 17.2. The maximum atomic E-state index is 13.1. The number of carbonyl (C=O) groups excluding carboxylic acids is 2. The predicted octanol–water partition coefficient (Wildman–Crippen LogP) is 0.243. The molecule has 0 saturated carbocycles. The SMILES string of the molecule is NCCNC(=O)C1CCCN(C(=O)c2cc(Cl)ccc2-n2cnnn2)C1. The summed E-state index contributed by atoms with van der Waals surface area (Å²) in [5.41, 5.74) is 6.36. The minimum absolute atomic E-state index is 0.0697. The van der Waals surface area contributed by atoms with Gasteiger partial charge in [-0.1, -0.05) is 11.6 Å². The van der Waals surface area contributed by atoms with Gasteiger partial charge in [-0.25, -0.2) is 0 Å². The zero-order valence-electron chi connectivity index (χ0n) is 14.1. The van der Waals surface area contributed by atoms with E-state index < -0.39 is 0 Å². The highest BCUT2D eigenvalue weighted by Gasteiger charge is 2.30. The molecule has 0 radical (unpaired) electrons. The van der Waals surface area contributed by atoms with Crippen LogP contribution in [0.5, 0.6) is 0 Å². The molecule has 3 rings (SSSR count). The molecule has 1 aliphatic heterocycles. The van der Waals surface area contributed by atoms with Gasteiger partial charge in [0.2, 0.25) is 5.91 Å². The molecule has 0 aliphatic carbocycles. The summed E-state index contributed by atoms with van der Waals surface area (Å²) in [4.78, 5) is 27.0. The van der Waals surface area contributed by atoms with Crippen LogP contribution in [-0.4, -0.2) is 63.1 Å². The van der Waals surface area contributed by atoms with Crippen LogP contribution in [0.2, 0.25) is 5.02 Å². The maximum absolute atomic E-state index is 13.1. The van der Waals surface area contributed by atoms with E-state index in [1.165, 1.54) is 11.0 Å². The van der Waals surface area contributed by atoms with E-state index in [4.69, 9.17) is 17.3 Å². The molecule has 3 N–H and O–H groups in total.